The predicted octanol–water partition coefficient (Wildman–Crippen LogP) is 3.54. The lowest BCUT2D eigenvalue weighted by Crippen LogP contribution is -2.16. The molecule has 2 aromatic heterocycles. The first kappa shape index (κ1) is 17.3. The number of nitrogens with one attached hydrogen (secondary N) is 1. The van der Waals surface area contributed by atoms with Crippen molar-refractivity contribution in [3.05, 3.63) is 65.6 Å². The highest BCUT2D eigenvalue weighted by Gasteiger charge is 2.17. The van der Waals surface area contributed by atoms with Crippen molar-refractivity contribution in [3.63, 3.8) is 0 Å². The third-order valence-corrected chi connectivity index (χ3v) is 3.65. The highest BCUT2D eigenvalue weighted by Crippen LogP contribution is 2.24. The Hall–Kier alpha value is -3.48. The van der Waals surface area contributed by atoms with Crippen molar-refractivity contribution in [1.29, 1.82) is 0 Å². The Morgan fingerprint density at radius 1 is 1.00 bits per heavy atom. The third-order valence-electron chi connectivity index (χ3n) is 3.65. The zero-order valence-electron chi connectivity index (χ0n) is 14.7. The molecule has 0 bridgehead atoms. The summed E-state index contributed by atoms with van der Waals surface area (Å²) in [5.41, 5.74) is 2.05. The van der Waals surface area contributed by atoms with E-state index < -0.39 is 0 Å². The Labute approximate surface area is 151 Å². The van der Waals surface area contributed by atoms with Crippen LogP contribution in [0.25, 0.3) is 0 Å². The van der Waals surface area contributed by atoms with Gasteiger partial charge < -0.3 is 14.8 Å². The van der Waals surface area contributed by atoms with Crippen LogP contribution in [0.4, 0.5) is 5.69 Å². The van der Waals surface area contributed by atoms with E-state index in [0.29, 0.717) is 28.4 Å². The molecular weight excluding hydrogens is 332 g/mol. The number of aryl methyl sites for hydroxylation is 2. The summed E-state index contributed by atoms with van der Waals surface area (Å²) in [6, 6.07) is 12.8. The van der Waals surface area contributed by atoms with Crippen molar-refractivity contribution in [3.8, 4) is 17.6 Å². The molecule has 0 radical (unpaired) electrons. The Balaban J connectivity index is 1.83. The standard InChI is InChI=1S/C19H18N4O3/c1-12-16(23-17(24)15-10-7-11-20-18(15)25-3)13(2)22-19(21-12)26-14-8-5-4-6-9-14/h4-11H,1-3H3,(H,23,24). The first-order valence-corrected chi connectivity index (χ1v) is 7.97. The number of para-hydroxylation sites is 1. The van der Waals surface area contributed by atoms with Gasteiger partial charge in [0.05, 0.1) is 24.2 Å². The van der Waals surface area contributed by atoms with Crippen LogP contribution in [0.1, 0.15) is 21.7 Å². The van der Waals surface area contributed by atoms with Gasteiger partial charge in [0.15, 0.2) is 0 Å². The molecule has 2 heterocycles. The summed E-state index contributed by atoms with van der Waals surface area (Å²) >= 11 is 0. The van der Waals surface area contributed by atoms with Crippen molar-refractivity contribution >= 4 is 11.6 Å². The zero-order chi connectivity index (χ0) is 18.5. The average Bonchev–Trinajstić information content (AvgIpc) is 2.65. The lowest BCUT2D eigenvalue weighted by Gasteiger charge is -2.13. The Bertz CT molecular complexity index is 906. The minimum Gasteiger partial charge on any atom is -0.480 e. The molecule has 0 spiro atoms. The molecule has 3 rings (SSSR count). The van der Waals surface area contributed by atoms with Gasteiger partial charge in [0.25, 0.3) is 5.91 Å². The molecule has 1 aromatic carbocycles. The summed E-state index contributed by atoms with van der Waals surface area (Å²) in [7, 11) is 1.47. The van der Waals surface area contributed by atoms with Crippen LogP contribution in [-0.2, 0) is 0 Å². The molecule has 0 atom stereocenters. The van der Waals surface area contributed by atoms with Crippen LogP contribution < -0.4 is 14.8 Å². The van der Waals surface area contributed by atoms with E-state index in [1.54, 1.807) is 32.2 Å². The van der Waals surface area contributed by atoms with E-state index in [9.17, 15) is 4.79 Å². The number of benzene rings is 1. The number of anilines is 1. The molecule has 0 saturated carbocycles. The van der Waals surface area contributed by atoms with Crippen molar-refractivity contribution in [2.75, 3.05) is 12.4 Å². The van der Waals surface area contributed by atoms with Crippen LogP contribution in [0.2, 0.25) is 0 Å². The van der Waals surface area contributed by atoms with Gasteiger partial charge in [-0.2, -0.15) is 9.97 Å². The molecule has 7 heteroatoms. The molecule has 132 valence electrons. The molecule has 0 fully saturated rings. The lowest BCUT2D eigenvalue weighted by atomic mass is 10.2. The van der Waals surface area contributed by atoms with Gasteiger partial charge in [-0.1, -0.05) is 18.2 Å². The monoisotopic (exact) mass is 350 g/mol. The van der Waals surface area contributed by atoms with E-state index in [4.69, 9.17) is 9.47 Å². The summed E-state index contributed by atoms with van der Waals surface area (Å²) in [5, 5.41) is 2.82. The largest absolute Gasteiger partial charge is 0.480 e. The maximum absolute atomic E-state index is 12.6. The first-order chi connectivity index (χ1) is 12.6. The van der Waals surface area contributed by atoms with Gasteiger partial charge in [-0.15, -0.1) is 0 Å². The van der Waals surface area contributed by atoms with Gasteiger partial charge in [0.1, 0.15) is 11.3 Å². The minimum absolute atomic E-state index is 0.225. The molecule has 3 aromatic rings. The van der Waals surface area contributed by atoms with Crippen LogP contribution >= 0.6 is 0 Å². The van der Waals surface area contributed by atoms with Crippen molar-refractivity contribution < 1.29 is 14.3 Å². The van der Waals surface area contributed by atoms with Crippen molar-refractivity contribution in [2.24, 2.45) is 0 Å². The molecular formula is C19H18N4O3. The molecule has 0 aliphatic heterocycles. The number of amides is 1. The number of methoxy groups -OCH3 is 1. The molecule has 1 N–H and O–H groups in total. The number of ether oxygens (including phenoxy) is 2. The number of carbonyl (C=O) groups is 1. The van der Waals surface area contributed by atoms with E-state index in [0.717, 1.165) is 0 Å². The van der Waals surface area contributed by atoms with Crippen LogP contribution in [0.15, 0.2) is 48.7 Å². The number of rotatable bonds is 5. The fraction of sp³-hybridized carbons (Fsp3) is 0.158. The van der Waals surface area contributed by atoms with Gasteiger partial charge in [-0.25, -0.2) is 4.98 Å². The van der Waals surface area contributed by atoms with Gasteiger partial charge in [-0.05, 0) is 38.1 Å². The highest BCUT2D eigenvalue weighted by atomic mass is 16.5. The number of carbonyl (C=O) groups excluding carboxylic acids is 1. The van der Waals surface area contributed by atoms with Crippen LogP contribution in [0.3, 0.4) is 0 Å². The van der Waals surface area contributed by atoms with Crippen molar-refractivity contribution in [2.45, 2.75) is 13.8 Å². The van der Waals surface area contributed by atoms with E-state index in [1.165, 1.54) is 7.11 Å². The van der Waals surface area contributed by atoms with Gasteiger partial charge >= 0.3 is 6.01 Å². The maximum Gasteiger partial charge on any atom is 0.322 e. The number of hydrogen-bond donors (Lipinski definition) is 1. The summed E-state index contributed by atoms with van der Waals surface area (Å²) in [6.07, 6.45) is 1.56. The second-order valence-electron chi connectivity index (χ2n) is 5.48. The molecule has 1 amide bonds. The Morgan fingerprint density at radius 3 is 2.35 bits per heavy atom. The number of hydrogen-bond acceptors (Lipinski definition) is 6. The summed E-state index contributed by atoms with van der Waals surface area (Å²) in [6.45, 7) is 3.56. The number of nitrogens with zero attached hydrogens (tertiary/aromatic N) is 3. The summed E-state index contributed by atoms with van der Waals surface area (Å²) in [4.78, 5) is 25.2. The minimum atomic E-state index is -0.346. The quantitative estimate of drug-likeness (QED) is 0.757. The second kappa shape index (κ2) is 7.60. The smallest absolute Gasteiger partial charge is 0.322 e. The SMILES string of the molecule is COc1ncccc1C(=O)Nc1c(C)nc(Oc2ccccc2)nc1C. The van der Waals surface area contributed by atoms with Crippen LogP contribution in [0.5, 0.6) is 17.6 Å². The molecule has 0 saturated heterocycles. The fourth-order valence-electron chi connectivity index (χ4n) is 2.41. The second-order valence-corrected chi connectivity index (χ2v) is 5.48. The highest BCUT2D eigenvalue weighted by molar-refractivity contribution is 6.06. The lowest BCUT2D eigenvalue weighted by molar-refractivity contribution is 0.102. The zero-order valence-corrected chi connectivity index (χ0v) is 14.7. The van der Waals surface area contributed by atoms with Crippen molar-refractivity contribution in [1.82, 2.24) is 15.0 Å². The van der Waals surface area contributed by atoms with Gasteiger partial charge in [0.2, 0.25) is 5.88 Å². The molecule has 0 unspecified atom stereocenters. The van der Waals surface area contributed by atoms with Gasteiger partial charge in [-0.3, -0.25) is 4.79 Å². The summed E-state index contributed by atoms with van der Waals surface area (Å²) in [5.74, 6) is 0.551. The predicted molar refractivity (Wildman–Crippen MR) is 96.8 cm³/mol. The number of pyridine rings is 1. The molecule has 7 nitrogen and oxygen atoms in total. The molecule has 26 heavy (non-hydrogen) atoms. The average molecular weight is 350 g/mol. The third kappa shape index (κ3) is 3.77. The van der Waals surface area contributed by atoms with E-state index in [-0.39, 0.29) is 17.8 Å². The Kier molecular flexibility index (Phi) is 5.07. The number of aromatic nitrogens is 3. The van der Waals surface area contributed by atoms with Gasteiger partial charge in [0, 0.05) is 6.20 Å². The normalized spacial score (nSPS) is 10.3. The topological polar surface area (TPSA) is 86.2 Å². The summed E-state index contributed by atoms with van der Waals surface area (Å²) < 4.78 is 10.8. The van der Waals surface area contributed by atoms with E-state index >= 15 is 0 Å². The van der Waals surface area contributed by atoms with E-state index in [2.05, 4.69) is 20.3 Å². The fourth-order valence-corrected chi connectivity index (χ4v) is 2.41. The first-order valence-electron chi connectivity index (χ1n) is 7.97. The van der Waals surface area contributed by atoms with Crippen LogP contribution in [0, 0.1) is 13.8 Å². The van der Waals surface area contributed by atoms with Crippen LogP contribution in [-0.4, -0.2) is 28.0 Å². The van der Waals surface area contributed by atoms with E-state index in [1.807, 2.05) is 30.3 Å². The molecule has 0 aliphatic rings. The Morgan fingerprint density at radius 2 is 1.69 bits per heavy atom. The molecule has 0 aliphatic carbocycles. The maximum atomic E-state index is 12.6.